The number of hydrogen-bond acceptors (Lipinski definition) is 4. The zero-order valence-corrected chi connectivity index (χ0v) is 15.8. The van der Waals surface area contributed by atoms with E-state index < -0.39 is 24.0 Å². The molecule has 0 heterocycles. The normalized spacial score (nSPS) is 13.8. The Bertz CT molecular complexity index is 585. The number of amides is 1. The van der Waals surface area contributed by atoms with Crippen molar-refractivity contribution in [3.05, 3.63) is 29.3 Å². The summed E-state index contributed by atoms with van der Waals surface area (Å²) in [5.41, 5.74) is -0.369. The second-order valence-electron chi connectivity index (χ2n) is 6.59. The van der Waals surface area contributed by atoms with E-state index in [1.54, 1.807) is 31.2 Å². The molecule has 2 atom stereocenters. The first-order chi connectivity index (χ1) is 11.6. The average Bonchev–Trinajstić information content (AvgIpc) is 2.51. The quantitative estimate of drug-likeness (QED) is 0.695. The van der Waals surface area contributed by atoms with Crippen molar-refractivity contribution in [1.29, 1.82) is 0 Å². The zero-order chi connectivity index (χ0) is 19.0. The van der Waals surface area contributed by atoms with E-state index in [1.807, 2.05) is 20.8 Å². The van der Waals surface area contributed by atoms with Crippen molar-refractivity contribution >= 4 is 23.5 Å². The van der Waals surface area contributed by atoms with E-state index in [2.05, 4.69) is 5.32 Å². The van der Waals surface area contributed by atoms with Gasteiger partial charge in [0.2, 0.25) is 0 Å². The van der Waals surface area contributed by atoms with Gasteiger partial charge >= 0.3 is 5.97 Å². The van der Waals surface area contributed by atoms with Crippen molar-refractivity contribution in [2.24, 2.45) is 0 Å². The van der Waals surface area contributed by atoms with E-state index in [4.69, 9.17) is 21.1 Å². The van der Waals surface area contributed by atoms with Crippen LogP contribution >= 0.6 is 11.6 Å². The molecule has 2 N–H and O–H groups in total. The highest BCUT2D eigenvalue weighted by Gasteiger charge is 2.26. The van der Waals surface area contributed by atoms with Gasteiger partial charge in [0.15, 0.2) is 6.10 Å². The number of carbonyl (C=O) groups excluding carboxylic acids is 1. The minimum atomic E-state index is -1.11. The largest absolute Gasteiger partial charge is 0.480 e. The Morgan fingerprint density at radius 2 is 1.92 bits per heavy atom. The molecule has 7 heteroatoms. The van der Waals surface area contributed by atoms with Gasteiger partial charge in [-0.3, -0.25) is 4.79 Å². The lowest BCUT2D eigenvalue weighted by Gasteiger charge is -2.23. The van der Waals surface area contributed by atoms with Crippen LogP contribution in [-0.4, -0.2) is 41.3 Å². The molecule has 1 rings (SSSR count). The molecule has 140 valence electrons. The van der Waals surface area contributed by atoms with Crippen LogP contribution in [0.4, 0.5) is 0 Å². The van der Waals surface area contributed by atoms with Crippen LogP contribution in [0.3, 0.4) is 0 Å². The van der Waals surface area contributed by atoms with Crippen molar-refractivity contribution < 1.29 is 24.2 Å². The first-order valence-corrected chi connectivity index (χ1v) is 8.60. The number of rotatable bonds is 9. The number of nitrogens with one attached hydrogen (secondary N) is 1. The third kappa shape index (κ3) is 7.75. The Balaban J connectivity index is 2.67. The van der Waals surface area contributed by atoms with E-state index in [0.29, 0.717) is 17.2 Å². The van der Waals surface area contributed by atoms with Gasteiger partial charge in [-0.15, -0.1) is 0 Å². The number of aliphatic carboxylic acids is 1. The molecule has 0 saturated heterocycles. The van der Waals surface area contributed by atoms with E-state index in [-0.39, 0.29) is 18.6 Å². The predicted octanol–water partition coefficient (Wildman–Crippen LogP) is 3.27. The van der Waals surface area contributed by atoms with E-state index in [1.165, 1.54) is 0 Å². The van der Waals surface area contributed by atoms with Gasteiger partial charge in [0.25, 0.3) is 5.91 Å². The monoisotopic (exact) mass is 371 g/mol. The van der Waals surface area contributed by atoms with Gasteiger partial charge < -0.3 is 19.9 Å². The van der Waals surface area contributed by atoms with Crippen LogP contribution in [0.2, 0.25) is 5.02 Å². The molecule has 0 aromatic heterocycles. The molecule has 1 amide bonds. The highest BCUT2D eigenvalue weighted by molar-refractivity contribution is 6.32. The third-order valence-corrected chi connectivity index (χ3v) is 3.64. The molecular weight excluding hydrogens is 346 g/mol. The Hall–Kier alpha value is -1.79. The number of ether oxygens (including phenoxy) is 2. The van der Waals surface area contributed by atoms with Crippen molar-refractivity contribution in [2.75, 3.05) is 6.61 Å². The fourth-order valence-corrected chi connectivity index (χ4v) is 2.20. The van der Waals surface area contributed by atoms with Crippen LogP contribution in [0.1, 0.15) is 40.5 Å². The summed E-state index contributed by atoms with van der Waals surface area (Å²) in [6.07, 6.45) is -0.284. The highest BCUT2D eigenvalue weighted by atomic mass is 35.5. The number of carboxylic acids is 1. The summed E-state index contributed by atoms with van der Waals surface area (Å²) in [4.78, 5) is 23.8. The highest BCUT2D eigenvalue weighted by Crippen LogP contribution is 2.24. The van der Waals surface area contributed by atoms with Gasteiger partial charge in [0.05, 0.1) is 10.6 Å². The van der Waals surface area contributed by atoms with E-state index >= 15 is 0 Å². The molecule has 0 radical (unpaired) electrons. The first kappa shape index (κ1) is 21.3. The molecule has 25 heavy (non-hydrogen) atoms. The minimum Gasteiger partial charge on any atom is -0.480 e. The lowest BCUT2D eigenvalue weighted by molar-refractivity contribution is -0.144. The Morgan fingerprint density at radius 3 is 2.44 bits per heavy atom. The summed E-state index contributed by atoms with van der Waals surface area (Å²) < 4.78 is 11.2. The van der Waals surface area contributed by atoms with Crippen molar-refractivity contribution in [1.82, 2.24) is 5.32 Å². The van der Waals surface area contributed by atoms with Crippen molar-refractivity contribution in [3.63, 3.8) is 0 Å². The molecule has 0 aliphatic rings. The molecule has 6 nitrogen and oxygen atoms in total. The topological polar surface area (TPSA) is 84.9 Å². The number of halogens is 1. The Kier molecular flexibility index (Phi) is 8.19. The van der Waals surface area contributed by atoms with Gasteiger partial charge in [0, 0.05) is 13.0 Å². The molecule has 0 fully saturated rings. The van der Waals surface area contributed by atoms with Gasteiger partial charge in [-0.25, -0.2) is 4.79 Å². The molecule has 0 spiro atoms. The Labute approximate surface area is 153 Å². The fourth-order valence-electron chi connectivity index (χ4n) is 2.02. The van der Waals surface area contributed by atoms with Crippen LogP contribution in [0.5, 0.6) is 5.75 Å². The summed E-state index contributed by atoms with van der Waals surface area (Å²) in [6, 6.07) is 5.77. The second kappa shape index (κ2) is 9.63. The number of carbonyl (C=O) groups is 2. The lowest BCUT2D eigenvalue weighted by atomic mass is 10.1. The first-order valence-electron chi connectivity index (χ1n) is 8.22. The van der Waals surface area contributed by atoms with E-state index in [0.717, 1.165) is 0 Å². The minimum absolute atomic E-state index is 0.168. The van der Waals surface area contributed by atoms with E-state index in [9.17, 15) is 14.7 Å². The van der Waals surface area contributed by atoms with Gasteiger partial charge in [-0.2, -0.15) is 0 Å². The summed E-state index contributed by atoms with van der Waals surface area (Å²) >= 11 is 6.03. The summed E-state index contributed by atoms with van der Waals surface area (Å²) in [7, 11) is 0. The Morgan fingerprint density at radius 1 is 1.28 bits per heavy atom. The van der Waals surface area contributed by atoms with Gasteiger partial charge in [-0.05, 0) is 39.3 Å². The van der Waals surface area contributed by atoms with Crippen LogP contribution < -0.4 is 10.1 Å². The van der Waals surface area contributed by atoms with Crippen molar-refractivity contribution in [2.45, 2.75) is 58.3 Å². The molecular formula is C18H26ClNO5. The third-order valence-electron chi connectivity index (χ3n) is 3.33. The molecule has 0 aliphatic heterocycles. The van der Waals surface area contributed by atoms with Crippen LogP contribution in [-0.2, 0) is 14.3 Å². The molecule has 0 aliphatic carbocycles. The average molecular weight is 372 g/mol. The molecule has 2 unspecified atom stereocenters. The molecule has 1 aromatic rings. The van der Waals surface area contributed by atoms with Crippen molar-refractivity contribution in [3.8, 4) is 5.75 Å². The summed E-state index contributed by atoms with van der Waals surface area (Å²) in [6.45, 7) is 7.65. The fraction of sp³-hybridized carbons (Fsp3) is 0.556. The maximum absolute atomic E-state index is 12.4. The SMILES string of the molecule is CCC(Oc1ccccc1Cl)C(=O)NC(CCOC(C)(C)C)C(=O)O. The summed E-state index contributed by atoms with van der Waals surface area (Å²) in [5.74, 6) is -1.22. The molecule has 0 saturated carbocycles. The second-order valence-corrected chi connectivity index (χ2v) is 7.00. The molecule has 1 aromatic carbocycles. The summed E-state index contributed by atoms with van der Waals surface area (Å²) in [5, 5.41) is 12.2. The smallest absolute Gasteiger partial charge is 0.326 e. The predicted molar refractivity (Wildman–Crippen MR) is 96.0 cm³/mol. The number of para-hydroxylation sites is 1. The zero-order valence-electron chi connectivity index (χ0n) is 15.0. The number of hydrogen-bond donors (Lipinski definition) is 2. The standard InChI is InChI=1S/C18H26ClNO5/c1-5-14(25-15-9-7-6-8-12(15)19)16(21)20-13(17(22)23)10-11-24-18(2,3)4/h6-9,13-14H,5,10-11H2,1-4H3,(H,20,21)(H,22,23). The van der Waals surface area contributed by atoms with Crippen LogP contribution in [0.25, 0.3) is 0 Å². The van der Waals surface area contributed by atoms with Crippen LogP contribution in [0.15, 0.2) is 24.3 Å². The van der Waals surface area contributed by atoms with Crippen LogP contribution in [0, 0.1) is 0 Å². The maximum Gasteiger partial charge on any atom is 0.326 e. The number of benzene rings is 1. The van der Waals surface area contributed by atoms with Gasteiger partial charge in [-0.1, -0.05) is 30.7 Å². The lowest BCUT2D eigenvalue weighted by Crippen LogP contribution is -2.47. The number of carboxylic acid groups (broad SMARTS) is 1. The van der Waals surface area contributed by atoms with Gasteiger partial charge in [0.1, 0.15) is 11.8 Å². The maximum atomic E-state index is 12.4. The molecule has 0 bridgehead atoms.